The molecule has 0 aliphatic carbocycles. The smallest absolute Gasteiger partial charge is 0.257 e. The van der Waals surface area contributed by atoms with Gasteiger partial charge in [0.25, 0.3) is 10.0 Å². The quantitative estimate of drug-likeness (QED) is 0.826. The van der Waals surface area contributed by atoms with Crippen LogP contribution < -0.4 is 4.72 Å². The number of rotatable bonds is 6. The Morgan fingerprint density at radius 1 is 1.47 bits per heavy atom. The first-order chi connectivity index (χ1) is 9.01. The number of hydrogen-bond acceptors (Lipinski definition) is 4. The lowest BCUT2D eigenvalue weighted by Crippen LogP contribution is -2.26. The number of aryl methyl sites for hydroxylation is 1. The summed E-state index contributed by atoms with van der Waals surface area (Å²) in [4.78, 5) is 7.91. The third-order valence-corrected chi connectivity index (χ3v) is 5.58. The molecule has 19 heavy (non-hydrogen) atoms. The van der Waals surface area contributed by atoms with Crippen LogP contribution in [0.2, 0.25) is 0 Å². The number of halogens is 1. The van der Waals surface area contributed by atoms with Crippen LogP contribution in [0.3, 0.4) is 0 Å². The molecule has 2 heterocycles. The molecule has 0 aromatic carbocycles. The van der Waals surface area contributed by atoms with E-state index in [2.05, 4.69) is 30.6 Å². The molecule has 0 aliphatic heterocycles. The molecule has 2 N–H and O–H groups in total. The molecule has 0 fully saturated rings. The molecule has 0 bridgehead atoms. The summed E-state index contributed by atoms with van der Waals surface area (Å²) in [6, 6.07) is 3.94. The van der Waals surface area contributed by atoms with Crippen LogP contribution in [0, 0.1) is 0 Å². The molecular weight excluding hydrogens is 350 g/mol. The van der Waals surface area contributed by atoms with Gasteiger partial charge in [-0.15, -0.1) is 11.3 Å². The minimum atomic E-state index is -3.49. The number of thiophene rings is 1. The first-order valence-electron chi connectivity index (χ1n) is 5.79. The molecule has 0 amide bonds. The molecule has 5 nitrogen and oxygen atoms in total. The average Bonchev–Trinajstić information content (AvgIpc) is 2.98. The fraction of sp³-hybridized carbons (Fsp3) is 0.364. The first kappa shape index (κ1) is 14.7. The van der Waals surface area contributed by atoms with E-state index in [4.69, 9.17) is 0 Å². The van der Waals surface area contributed by atoms with Gasteiger partial charge in [-0.2, -0.15) is 0 Å². The van der Waals surface area contributed by atoms with Gasteiger partial charge in [0.2, 0.25) is 0 Å². The molecule has 2 rings (SSSR count). The van der Waals surface area contributed by atoms with Crippen molar-refractivity contribution in [2.24, 2.45) is 0 Å². The van der Waals surface area contributed by atoms with E-state index in [-0.39, 0.29) is 5.03 Å². The van der Waals surface area contributed by atoms with E-state index in [1.807, 2.05) is 19.1 Å². The lowest BCUT2D eigenvalue weighted by atomic mass is 10.3. The van der Waals surface area contributed by atoms with Crippen molar-refractivity contribution >= 4 is 37.3 Å². The number of H-pyrrole nitrogens is 1. The van der Waals surface area contributed by atoms with Crippen molar-refractivity contribution in [2.45, 2.75) is 24.8 Å². The Hall–Kier alpha value is -0.700. The van der Waals surface area contributed by atoms with Crippen LogP contribution in [0.5, 0.6) is 0 Å². The Bertz CT molecular complexity index is 648. The number of aromatic amines is 1. The summed E-state index contributed by atoms with van der Waals surface area (Å²) >= 11 is 4.98. The summed E-state index contributed by atoms with van der Waals surface area (Å²) < 4.78 is 27.5. The zero-order valence-electron chi connectivity index (χ0n) is 10.3. The van der Waals surface area contributed by atoms with Crippen LogP contribution in [0.1, 0.15) is 17.6 Å². The van der Waals surface area contributed by atoms with Crippen LogP contribution in [0.25, 0.3) is 0 Å². The highest BCUT2D eigenvalue weighted by molar-refractivity contribution is 9.11. The van der Waals surface area contributed by atoms with Gasteiger partial charge in [0.1, 0.15) is 5.82 Å². The van der Waals surface area contributed by atoms with Crippen molar-refractivity contribution in [1.82, 2.24) is 14.7 Å². The SMILES string of the molecule is CCc1ncc(S(=O)(=O)NCCc2ccc(Br)s2)[nH]1. The predicted octanol–water partition coefficient (Wildman–Crippen LogP) is 2.32. The summed E-state index contributed by atoms with van der Waals surface area (Å²) in [5.74, 6) is 0.669. The van der Waals surface area contributed by atoms with Crippen molar-refractivity contribution in [2.75, 3.05) is 6.54 Å². The molecule has 0 saturated heterocycles. The van der Waals surface area contributed by atoms with Crippen molar-refractivity contribution < 1.29 is 8.42 Å². The average molecular weight is 364 g/mol. The van der Waals surface area contributed by atoms with Crippen molar-refractivity contribution in [3.8, 4) is 0 Å². The van der Waals surface area contributed by atoms with Crippen molar-refractivity contribution in [3.05, 3.63) is 32.8 Å². The monoisotopic (exact) mass is 363 g/mol. The molecule has 0 atom stereocenters. The fourth-order valence-electron chi connectivity index (χ4n) is 1.53. The van der Waals surface area contributed by atoms with Gasteiger partial charge < -0.3 is 4.98 Å². The molecule has 104 valence electrons. The Morgan fingerprint density at radius 2 is 2.26 bits per heavy atom. The lowest BCUT2D eigenvalue weighted by Gasteiger charge is -2.03. The van der Waals surface area contributed by atoms with E-state index >= 15 is 0 Å². The number of aromatic nitrogens is 2. The Balaban J connectivity index is 1.94. The van der Waals surface area contributed by atoms with E-state index in [1.165, 1.54) is 6.20 Å². The van der Waals surface area contributed by atoms with Gasteiger partial charge in [0.05, 0.1) is 9.98 Å². The van der Waals surface area contributed by atoms with E-state index in [0.717, 1.165) is 8.66 Å². The molecular formula is C11H14BrN3O2S2. The number of sulfonamides is 1. The third kappa shape index (κ3) is 3.88. The summed E-state index contributed by atoms with van der Waals surface area (Å²) in [6.07, 6.45) is 2.70. The topological polar surface area (TPSA) is 74.8 Å². The zero-order chi connectivity index (χ0) is 13.9. The van der Waals surface area contributed by atoms with Crippen LogP contribution in [-0.4, -0.2) is 24.9 Å². The highest BCUT2D eigenvalue weighted by atomic mass is 79.9. The third-order valence-electron chi connectivity index (χ3n) is 2.52. The summed E-state index contributed by atoms with van der Waals surface area (Å²) in [5, 5.41) is 0.122. The van der Waals surface area contributed by atoms with Crippen LogP contribution >= 0.6 is 27.3 Å². The second kappa shape index (κ2) is 6.17. The zero-order valence-corrected chi connectivity index (χ0v) is 13.5. The van der Waals surface area contributed by atoms with Crippen LogP contribution in [0.4, 0.5) is 0 Å². The van der Waals surface area contributed by atoms with E-state index in [9.17, 15) is 8.42 Å². The Morgan fingerprint density at radius 3 is 2.84 bits per heavy atom. The molecule has 0 radical (unpaired) electrons. The normalized spacial score (nSPS) is 11.9. The van der Waals surface area contributed by atoms with Gasteiger partial charge in [-0.25, -0.2) is 18.1 Å². The van der Waals surface area contributed by atoms with Gasteiger partial charge in [0, 0.05) is 17.8 Å². The second-order valence-corrected chi connectivity index (χ2v) is 8.18. The van der Waals surface area contributed by atoms with Gasteiger partial charge in [0.15, 0.2) is 5.03 Å². The maximum absolute atomic E-state index is 12.0. The van der Waals surface area contributed by atoms with Gasteiger partial charge in [-0.05, 0) is 34.5 Å². The van der Waals surface area contributed by atoms with Crippen LogP contribution in [0.15, 0.2) is 27.1 Å². The first-order valence-corrected chi connectivity index (χ1v) is 8.88. The summed E-state index contributed by atoms with van der Waals surface area (Å²) in [6.45, 7) is 2.28. The van der Waals surface area contributed by atoms with E-state index in [1.54, 1.807) is 11.3 Å². The fourth-order valence-corrected chi connectivity index (χ4v) is 3.98. The standard InChI is InChI=1S/C11H14BrN3O2S2/c1-2-10-13-7-11(15-10)19(16,17)14-6-5-8-3-4-9(12)18-8/h3-4,7,14H,2,5-6H2,1H3,(H,13,15). The van der Waals surface area contributed by atoms with Crippen molar-refractivity contribution in [1.29, 1.82) is 0 Å². The maximum atomic E-state index is 12.0. The minimum Gasteiger partial charge on any atom is -0.332 e. The van der Waals surface area contributed by atoms with E-state index in [0.29, 0.717) is 25.2 Å². The summed E-state index contributed by atoms with van der Waals surface area (Å²) in [5.41, 5.74) is 0. The maximum Gasteiger partial charge on any atom is 0.257 e. The molecule has 2 aromatic rings. The van der Waals surface area contributed by atoms with Crippen molar-refractivity contribution in [3.63, 3.8) is 0 Å². The lowest BCUT2D eigenvalue weighted by molar-refractivity contribution is 0.578. The highest BCUT2D eigenvalue weighted by Gasteiger charge is 2.16. The molecule has 0 aliphatic rings. The molecule has 2 aromatic heterocycles. The Kier molecular flexibility index (Phi) is 4.77. The Labute approximate surface area is 124 Å². The molecule has 0 saturated carbocycles. The molecule has 8 heteroatoms. The molecule has 0 spiro atoms. The van der Waals surface area contributed by atoms with Gasteiger partial charge >= 0.3 is 0 Å². The van der Waals surface area contributed by atoms with Gasteiger partial charge in [-0.3, -0.25) is 0 Å². The minimum absolute atomic E-state index is 0.122. The summed E-state index contributed by atoms with van der Waals surface area (Å²) in [7, 11) is -3.49. The largest absolute Gasteiger partial charge is 0.332 e. The van der Waals surface area contributed by atoms with E-state index < -0.39 is 10.0 Å². The molecule has 0 unspecified atom stereocenters. The number of nitrogens with one attached hydrogen (secondary N) is 2. The number of nitrogens with zero attached hydrogens (tertiary/aromatic N) is 1. The van der Waals surface area contributed by atoms with Crippen LogP contribution in [-0.2, 0) is 22.9 Å². The predicted molar refractivity (Wildman–Crippen MR) is 78.9 cm³/mol. The second-order valence-electron chi connectivity index (χ2n) is 3.90. The number of imidazole rings is 1. The van der Waals surface area contributed by atoms with Gasteiger partial charge in [-0.1, -0.05) is 6.92 Å². The number of hydrogen-bond donors (Lipinski definition) is 2. The highest BCUT2D eigenvalue weighted by Crippen LogP contribution is 2.22.